The maximum atomic E-state index is 12.5. The van der Waals surface area contributed by atoms with E-state index in [-0.39, 0.29) is 5.91 Å². The molecular formula is C22H22N2O5. The maximum absolute atomic E-state index is 12.5. The number of nitrogens with zero attached hydrogens (tertiary/aromatic N) is 1. The van der Waals surface area contributed by atoms with Crippen molar-refractivity contribution in [3.8, 4) is 11.5 Å². The van der Waals surface area contributed by atoms with Crippen molar-refractivity contribution >= 4 is 17.6 Å². The second kappa shape index (κ2) is 8.60. The number of carbonyl (C=O) groups excluding carboxylic acids is 2. The highest BCUT2D eigenvalue weighted by Gasteiger charge is 2.24. The number of para-hydroxylation sites is 1. The van der Waals surface area contributed by atoms with Crippen LogP contribution < -0.4 is 14.8 Å². The molecule has 0 bridgehead atoms. The average Bonchev–Trinajstić information content (AvgIpc) is 3.06. The smallest absolute Gasteiger partial charge is 0.318 e. The molecule has 0 fully saturated rings. The number of methoxy groups -OCH3 is 1. The zero-order valence-electron chi connectivity index (χ0n) is 16.7. The first-order chi connectivity index (χ1) is 13.9. The van der Waals surface area contributed by atoms with Gasteiger partial charge in [-0.25, -0.2) is 0 Å². The first-order valence-corrected chi connectivity index (χ1v) is 9.09. The predicted molar refractivity (Wildman–Crippen MR) is 107 cm³/mol. The van der Waals surface area contributed by atoms with E-state index in [9.17, 15) is 9.59 Å². The van der Waals surface area contributed by atoms with E-state index in [2.05, 4.69) is 10.5 Å². The van der Waals surface area contributed by atoms with Crippen LogP contribution in [-0.4, -0.2) is 24.1 Å². The molecule has 0 aliphatic heterocycles. The Labute approximate surface area is 168 Å². The fraction of sp³-hybridized carbons (Fsp3) is 0.227. The van der Waals surface area contributed by atoms with Gasteiger partial charge in [-0.3, -0.25) is 9.59 Å². The number of aryl methyl sites for hydroxylation is 2. The summed E-state index contributed by atoms with van der Waals surface area (Å²) in [6.45, 7) is 5.30. The van der Waals surface area contributed by atoms with Gasteiger partial charge in [-0.2, -0.15) is 0 Å². The van der Waals surface area contributed by atoms with Gasteiger partial charge in [0.05, 0.1) is 24.3 Å². The lowest BCUT2D eigenvalue weighted by Crippen LogP contribution is -2.17. The number of benzene rings is 2. The number of esters is 1. The second-order valence-electron chi connectivity index (χ2n) is 6.56. The fourth-order valence-electron chi connectivity index (χ4n) is 3.07. The van der Waals surface area contributed by atoms with Gasteiger partial charge in [-0.05, 0) is 57.2 Å². The number of rotatable bonds is 6. The van der Waals surface area contributed by atoms with E-state index < -0.39 is 11.9 Å². The molecule has 1 unspecified atom stereocenters. The number of ether oxygens (including phenoxy) is 2. The molecule has 0 spiro atoms. The van der Waals surface area contributed by atoms with Gasteiger partial charge in [0.25, 0.3) is 5.91 Å². The Morgan fingerprint density at radius 2 is 1.76 bits per heavy atom. The van der Waals surface area contributed by atoms with Gasteiger partial charge in [0.15, 0.2) is 0 Å². The lowest BCUT2D eigenvalue weighted by atomic mass is 10.00. The summed E-state index contributed by atoms with van der Waals surface area (Å²) < 4.78 is 15.8. The van der Waals surface area contributed by atoms with Crippen molar-refractivity contribution in [2.75, 3.05) is 12.4 Å². The molecule has 1 atom stereocenters. The molecule has 29 heavy (non-hydrogen) atoms. The number of anilines is 1. The number of hydrogen-bond acceptors (Lipinski definition) is 6. The Balaban J connectivity index is 1.66. The highest BCUT2D eigenvalue weighted by Crippen LogP contribution is 2.26. The van der Waals surface area contributed by atoms with Crippen LogP contribution in [0, 0.1) is 13.8 Å². The first-order valence-electron chi connectivity index (χ1n) is 9.09. The van der Waals surface area contributed by atoms with E-state index in [0.717, 1.165) is 5.56 Å². The van der Waals surface area contributed by atoms with Crippen LogP contribution in [0.1, 0.15) is 40.2 Å². The van der Waals surface area contributed by atoms with Crippen LogP contribution in [0.15, 0.2) is 53.1 Å². The summed E-state index contributed by atoms with van der Waals surface area (Å²) in [4.78, 5) is 24.9. The largest absolute Gasteiger partial charge is 0.496 e. The molecular weight excluding hydrogens is 372 g/mol. The van der Waals surface area contributed by atoms with Crippen LogP contribution in [-0.2, 0) is 4.79 Å². The number of hydrogen-bond donors (Lipinski definition) is 1. The molecule has 0 saturated heterocycles. The Morgan fingerprint density at radius 1 is 1.07 bits per heavy atom. The number of aromatic nitrogens is 1. The monoisotopic (exact) mass is 394 g/mol. The minimum Gasteiger partial charge on any atom is -0.496 e. The number of nitrogens with one attached hydrogen (secondary N) is 1. The summed E-state index contributed by atoms with van der Waals surface area (Å²) >= 11 is 0. The minimum atomic E-state index is -0.508. The summed E-state index contributed by atoms with van der Waals surface area (Å²) in [5.41, 5.74) is 2.40. The average molecular weight is 394 g/mol. The van der Waals surface area contributed by atoms with Crippen LogP contribution in [0.5, 0.6) is 11.5 Å². The van der Waals surface area contributed by atoms with Gasteiger partial charge >= 0.3 is 5.97 Å². The first kappa shape index (κ1) is 20.1. The van der Waals surface area contributed by atoms with E-state index >= 15 is 0 Å². The third-order valence-corrected chi connectivity index (χ3v) is 4.56. The van der Waals surface area contributed by atoms with Gasteiger partial charge < -0.3 is 19.3 Å². The molecule has 1 aromatic heterocycles. The zero-order valence-corrected chi connectivity index (χ0v) is 16.7. The standard InChI is InChI=1S/C22H22N2O5/c1-13(20-14(2)24-29-15(20)3)22(26)28-17-11-9-16(10-12-17)23-21(25)18-7-5-6-8-19(18)27-4/h5-13H,1-4H3,(H,23,25). The van der Waals surface area contributed by atoms with Gasteiger partial charge in [0.2, 0.25) is 0 Å². The molecule has 0 aliphatic rings. The van der Waals surface area contributed by atoms with Crippen LogP contribution >= 0.6 is 0 Å². The topological polar surface area (TPSA) is 90.7 Å². The SMILES string of the molecule is COc1ccccc1C(=O)Nc1ccc(OC(=O)C(C)c2c(C)noc2C)cc1. The van der Waals surface area contributed by atoms with Gasteiger partial charge in [-0.1, -0.05) is 17.3 Å². The maximum Gasteiger partial charge on any atom is 0.318 e. The van der Waals surface area contributed by atoms with Crippen molar-refractivity contribution in [1.82, 2.24) is 5.16 Å². The van der Waals surface area contributed by atoms with E-state index in [1.807, 2.05) is 0 Å². The van der Waals surface area contributed by atoms with Crippen molar-refractivity contribution < 1.29 is 23.6 Å². The summed E-state index contributed by atoms with van der Waals surface area (Å²) in [5.74, 6) is 0.254. The lowest BCUT2D eigenvalue weighted by molar-refractivity contribution is -0.135. The molecule has 1 amide bonds. The Hall–Kier alpha value is -3.61. The van der Waals surface area contributed by atoms with E-state index in [4.69, 9.17) is 14.0 Å². The molecule has 3 rings (SSSR count). The van der Waals surface area contributed by atoms with Crippen molar-refractivity contribution in [3.63, 3.8) is 0 Å². The van der Waals surface area contributed by atoms with Crippen molar-refractivity contribution in [1.29, 1.82) is 0 Å². The molecule has 7 heteroatoms. The third-order valence-electron chi connectivity index (χ3n) is 4.56. The van der Waals surface area contributed by atoms with E-state index in [0.29, 0.717) is 34.2 Å². The van der Waals surface area contributed by atoms with Crippen molar-refractivity contribution in [2.24, 2.45) is 0 Å². The van der Waals surface area contributed by atoms with Crippen LogP contribution in [0.4, 0.5) is 5.69 Å². The molecule has 3 aromatic rings. The molecule has 1 heterocycles. The molecule has 0 aliphatic carbocycles. The summed E-state index contributed by atoms with van der Waals surface area (Å²) in [7, 11) is 1.51. The number of amides is 1. The summed E-state index contributed by atoms with van der Waals surface area (Å²) in [6.07, 6.45) is 0. The quantitative estimate of drug-likeness (QED) is 0.496. The second-order valence-corrected chi connectivity index (χ2v) is 6.56. The summed E-state index contributed by atoms with van der Waals surface area (Å²) in [5, 5.41) is 6.66. The molecule has 1 N–H and O–H groups in total. The molecule has 7 nitrogen and oxygen atoms in total. The summed E-state index contributed by atoms with van der Waals surface area (Å²) in [6, 6.07) is 13.5. The number of carbonyl (C=O) groups is 2. The molecule has 0 saturated carbocycles. The Morgan fingerprint density at radius 3 is 2.38 bits per heavy atom. The van der Waals surface area contributed by atoms with Crippen LogP contribution in [0.25, 0.3) is 0 Å². The highest BCUT2D eigenvalue weighted by atomic mass is 16.5. The van der Waals surface area contributed by atoms with Crippen molar-refractivity contribution in [2.45, 2.75) is 26.7 Å². The van der Waals surface area contributed by atoms with E-state index in [1.165, 1.54) is 7.11 Å². The van der Waals surface area contributed by atoms with E-state index in [1.54, 1.807) is 69.3 Å². The fourth-order valence-corrected chi connectivity index (χ4v) is 3.07. The third kappa shape index (κ3) is 4.45. The minimum absolute atomic E-state index is 0.292. The highest BCUT2D eigenvalue weighted by molar-refractivity contribution is 6.06. The lowest BCUT2D eigenvalue weighted by Gasteiger charge is -2.12. The molecule has 2 aromatic carbocycles. The zero-order chi connectivity index (χ0) is 21.0. The van der Waals surface area contributed by atoms with Gasteiger partial charge in [0.1, 0.15) is 17.3 Å². The van der Waals surface area contributed by atoms with Crippen molar-refractivity contribution in [3.05, 3.63) is 71.1 Å². The van der Waals surface area contributed by atoms with Gasteiger partial charge in [-0.15, -0.1) is 0 Å². The molecule has 150 valence electrons. The normalized spacial score (nSPS) is 11.6. The molecule has 0 radical (unpaired) electrons. The van der Waals surface area contributed by atoms with Crippen LogP contribution in [0.2, 0.25) is 0 Å². The Kier molecular flexibility index (Phi) is 5.97. The van der Waals surface area contributed by atoms with Gasteiger partial charge in [0, 0.05) is 11.3 Å². The Bertz CT molecular complexity index is 1000. The predicted octanol–water partition coefficient (Wildman–Crippen LogP) is 4.26. The van der Waals surface area contributed by atoms with Crippen LogP contribution in [0.3, 0.4) is 0 Å².